The molecule has 1 aromatic carbocycles. The van der Waals surface area contributed by atoms with E-state index >= 15 is 0 Å². The lowest BCUT2D eigenvalue weighted by Gasteiger charge is -2.22. The van der Waals surface area contributed by atoms with Gasteiger partial charge in [0.15, 0.2) is 0 Å². The van der Waals surface area contributed by atoms with Gasteiger partial charge in [0.2, 0.25) is 0 Å². The standard InChI is InChI=1S/C25H44O/c1-6-9-11-13-15-18-22-20(4)21(5)25(26)24(17-8-3)23(22)19-16-14-12-10-7-2/h26H,6-19H2,1-5H3. The largest absolute Gasteiger partial charge is 0.507 e. The van der Waals surface area contributed by atoms with Crippen LogP contribution in [0.2, 0.25) is 0 Å². The van der Waals surface area contributed by atoms with Gasteiger partial charge in [-0.25, -0.2) is 0 Å². The highest BCUT2D eigenvalue weighted by Crippen LogP contribution is 2.35. The van der Waals surface area contributed by atoms with Crippen molar-refractivity contribution in [2.75, 3.05) is 0 Å². The van der Waals surface area contributed by atoms with Crippen molar-refractivity contribution in [2.45, 2.75) is 125 Å². The van der Waals surface area contributed by atoms with Crippen molar-refractivity contribution in [2.24, 2.45) is 0 Å². The molecule has 0 spiro atoms. The maximum absolute atomic E-state index is 10.8. The molecule has 1 rings (SSSR count). The fraction of sp³-hybridized carbons (Fsp3) is 0.760. The van der Waals surface area contributed by atoms with Gasteiger partial charge in [-0.15, -0.1) is 0 Å². The minimum Gasteiger partial charge on any atom is -0.507 e. The van der Waals surface area contributed by atoms with E-state index in [0.717, 1.165) is 24.8 Å². The molecule has 1 nitrogen and oxygen atoms in total. The summed E-state index contributed by atoms with van der Waals surface area (Å²) in [6.45, 7) is 11.1. The molecule has 0 atom stereocenters. The molecule has 1 aromatic rings. The van der Waals surface area contributed by atoms with E-state index < -0.39 is 0 Å². The predicted molar refractivity (Wildman–Crippen MR) is 117 cm³/mol. The van der Waals surface area contributed by atoms with Gasteiger partial charge in [0, 0.05) is 0 Å². The van der Waals surface area contributed by atoms with Gasteiger partial charge in [-0.3, -0.25) is 0 Å². The van der Waals surface area contributed by atoms with Gasteiger partial charge in [0.1, 0.15) is 5.75 Å². The number of rotatable bonds is 14. The van der Waals surface area contributed by atoms with Crippen LogP contribution in [0, 0.1) is 13.8 Å². The van der Waals surface area contributed by atoms with Crippen LogP contribution in [0.1, 0.15) is 119 Å². The molecule has 150 valence electrons. The first-order valence-corrected chi connectivity index (χ1v) is 11.4. The Morgan fingerprint density at radius 3 is 1.50 bits per heavy atom. The maximum Gasteiger partial charge on any atom is 0.122 e. The molecule has 0 saturated carbocycles. The molecular formula is C25H44O. The highest BCUT2D eigenvalue weighted by Gasteiger charge is 2.18. The fourth-order valence-electron chi connectivity index (χ4n) is 4.15. The van der Waals surface area contributed by atoms with Gasteiger partial charge in [-0.1, -0.05) is 78.6 Å². The Bertz CT molecular complexity index is 516. The van der Waals surface area contributed by atoms with Crippen molar-refractivity contribution in [1.82, 2.24) is 0 Å². The SMILES string of the molecule is CCCCCCCc1c(C)c(C)c(O)c(CCC)c1CCCCCCC. The van der Waals surface area contributed by atoms with E-state index in [1.54, 1.807) is 5.56 Å². The van der Waals surface area contributed by atoms with Crippen LogP contribution in [-0.2, 0) is 19.3 Å². The summed E-state index contributed by atoms with van der Waals surface area (Å²) >= 11 is 0. The highest BCUT2D eigenvalue weighted by atomic mass is 16.3. The third-order valence-electron chi connectivity index (χ3n) is 5.95. The second-order valence-electron chi connectivity index (χ2n) is 8.11. The second-order valence-corrected chi connectivity index (χ2v) is 8.11. The zero-order chi connectivity index (χ0) is 19.4. The summed E-state index contributed by atoms with van der Waals surface area (Å²) in [5.74, 6) is 0.586. The summed E-state index contributed by atoms with van der Waals surface area (Å²) in [7, 11) is 0. The van der Waals surface area contributed by atoms with Crippen LogP contribution < -0.4 is 0 Å². The average molecular weight is 361 g/mol. The lowest BCUT2D eigenvalue weighted by molar-refractivity contribution is 0.460. The molecule has 0 fully saturated rings. The van der Waals surface area contributed by atoms with Crippen LogP contribution in [0.5, 0.6) is 5.75 Å². The monoisotopic (exact) mass is 360 g/mol. The van der Waals surface area contributed by atoms with Crippen LogP contribution in [-0.4, -0.2) is 5.11 Å². The zero-order valence-corrected chi connectivity index (χ0v) is 18.3. The van der Waals surface area contributed by atoms with Crippen LogP contribution >= 0.6 is 0 Å². The van der Waals surface area contributed by atoms with Gasteiger partial charge in [0.05, 0.1) is 0 Å². The van der Waals surface area contributed by atoms with Crippen molar-refractivity contribution >= 4 is 0 Å². The van der Waals surface area contributed by atoms with Crippen molar-refractivity contribution in [3.05, 3.63) is 27.8 Å². The molecule has 0 aliphatic carbocycles. The molecule has 0 radical (unpaired) electrons. The summed E-state index contributed by atoms with van der Waals surface area (Å²) in [6.07, 6.45) is 17.7. The Balaban J connectivity index is 2.97. The van der Waals surface area contributed by atoms with Crippen molar-refractivity contribution in [3.63, 3.8) is 0 Å². The summed E-state index contributed by atoms with van der Waals surface area (Å²) in [6, 6.07) is 0. The lowest BCUT2D eigenvalue weighted by Crippen LogP contribution is -2.07. The average Bonchev–Trinajstić information content (AvgIpc) is 2.64. The maximum atomic E-state index is 10.8. The molecule has 1 N–H and O–H groups in total. The summed E-state index contributed by atoms with van der Waals surface area (Å²) in [5, 5.41) is 10.8. The van der Waals surface area contributed by atoms with Crippen LogP contribution in [0.4, 0.5) is 0 Å². The number of aromatic hydroxyl groups is 1. The van der Waals surface area contributed by atoms with E-state index in [-0.39, 0.29) is 0 Å². The summed E-state index contributed by atoms with van der Waals surface area (Å²) in [5.41, 5.74) is 6.79. The van der Waals surface area contributed by atoms with Gasteiger partial charge in [-0.05, 0) is 73.8 Å². The number of unbranched alkanes of at least 4 members (excludes halogenated alkanes) is 8. The normalized spacial score (nSPS) is 11.3. The van der Waals surface area contributed by atoms with Crippen molar-refractivity contribution in [3.8, 4) is 5.75 Å². The smallest absolute Gasteiger partial charge is 0.122 e. The minimum absolute atomic E-state index is 0.586. The molecule has 0 saturated heterocycles. The highest BCUT2D eigenvalue weighted by molar-refractivity contribution is 5.54. The number of hydrogen-bond donors (Lipinski definition) is 1. The van der Waals surface area contributed by atoms with Crippen LogP contribution in [0.15, 0.2) is 0 Å². The first-order chi connectivity index (χ1) is 12.6. The van der Waals surface area contributed by atoms with Gasteiger partial charge < -0.3 is 5.11 Å². The van der Waals surface area contributed by atoms with E-state index in [0.29, 0.717) is 5.75 Å². The van der Waals surface area contributed by atoms with Gasteiger partial charge >= 0.3 is 0 Å². The van der Waals surface area contributed by atoms with E-state index in [1.165, 1.54) is 87.3 Å². The Morgan fingerprint density at radius 2 is 1.00 bits per heavy atom. The second kappa shape index (κ2) is 13.2. The van der Waals surface area contributed by atoms with Gasteiger partial charge in [0.25, 0.3) is 0 Å². The predicted octanol–water partition coefficient (Wildman–Crippen LogP) is 7.99. The van der Waals surface area contributed by atoms with Gasteiger partial charge in [-0.2, -0.15) is 0 Å². The number of hydrogen-bond acceptors (Lipinski definition) is 1. The number of phenolic OH excluding ortho intramolecular Hbond substituents is 1. The molecule has 1 heteroatoms. The Kier molecular flexibility index (Phi) is 11.7. The Hall–Kier alpha value is -0.980. The number of benzene rings is 1. The molecule has 0 aliphatic heterocycles. The van der Waals surface area contributed by atoms with Crippen molar-refractivity contribution < 1.29 is 5.11 Å². The third kappa shape index (κ3) is 6.97. The van der Waals surface area contributed by atoms with Crippen molar-refractivity contribution in [1.29, 1.82) is 0 Å². The molecule has 0 unspecified atom stereocenters. The minimum atomic E-state index is 0.586. The van der Waals surface area contributed by atoms with E-state index in [4.69, 9.17) is 0 Å². The quantitative estimate of drug-likeness (QED) is 0.333. The summed E-state index contributed by atoms with van der Waals surface area (Å²) < 4.78 is 0. The van der Waals surface area contributed by atoms with E-state index in [1.807, 2.05) is 0 Å². The molecular weight excluding hydrogens is 316 g/mol. The fourth-order valence-corrected chi connectivity index (χ4v) is 4.15. The molecule has 0 bridgehead atoms. The number of phenols is 1. The molecule has 0 amide bonds. The lowest BCUT2D eigenvalue weighted by atomic mass is 9.84. The zero-order valence-electron chi connectivity index (χ0n) is 18.3. The third-order valence-corrected chi connectivity index (χ3v) is 5.95. The molecule has 0 heterocycles. The van der Waals surface area contributed by atoms with Crippen LogP contribution in [0.25, 0.3) is 0 Å². The Morgan fingerprint density at radius 1 is 0.500 bits per heavy atom. The van der Waals surface area contributed by atoms with Crippen LogP contribution in [0.3, 0.4) is 0 Å². The summed E-state index contributed by atoms with van der Waals surface area (Å²) in [4.78, 5) is 0. The Labute approximate surface area is 163 Å². The molecule has 26 heavy (non-hydrogen) atoms. The molecule has 0 aliphatic rings. The first kappa shape index (κ1) is 23.1. The molecule has 0 aromatic heterocycles. The topological polar surface area (TPSA) is 20.2 Å². The van der Waals surface area contributed by atoms with E-state index in [9.17, 15) is 5.11 Å². The van der Waals surface area contributed by atoms with E-state index in [2.05, 4.69) is 34.6 Å². The first-order valence-electron chi connectivity index (χ1n) is 11.4.